The Morgan fingerprint density at radius 3 is 2.96 bits per heavy atom. The third-order valence-corrected chi connectivity index (χ3v) is 3.74. The molecule has 8 heteroatoms. The molecule has 134 valence electrons. The standard InChI is InChI=1S/C17H23N5O3/c1-19-21-20-14-11-16(23)22(9-3-8-18)15-6-4-12(10-13(14)15)5-7-17(24)25-2/h4-7,10,19,21H,3,8-9,11,18H2,1-2H3/b7-5+,20-14+. The van der Waals surface area contributed by atoms with Crippen LogP contribution in [0.15, 0.2) is 29.4 Å². The summed E-state index contributed by atoms with van der Waals surface area (Å²) in [6.07, 6.45) is 3.92. The molecule has 25 heavy (non-hydrogen) atoms. The van der Waals surface area contributed by atoms with Crippen LogP contribution in [-0.2, 0) is 14.3 Å². The van der Waals surface area contributed by atoms with Gasteiger partial charge in [-0.15, -0.1) is 0 Å². The summed E-state index contributed by atoms with van der Waals surface area (Å²) in [5, 5.41) is 4.23. The highest BCUT2D eigenvalue weighted by molar-refractivity contribution is 6.21. The Labute approximate surface area is 146 Å². The van der Waals surface area contributed by atoms with Gasteiger partial charge in [0.05, 0.1) is 24.9 Å². The predicted molar refractivity (Wildman–Crippen MR) is 96.9 cm³/mol. The SMILES string of the molecule is CNN/N=C1\CC(=O)N(CCCN)c2ccc(/C=C/C(=O)OC)cc21. The van der Waals surface area contributed by atoms with Gasteiger partial charge in [0.2, 0.25) is 5.91 Å². The summed E-state index contributed by atoms with van der Waals surface area (Å²) in [5.74, 6) is -0.446. The summed E-state index contributed by atoms with van der Waals surface area (Å²) in [4.78, 5) is 25.5. The van der Waals surface area contributed by atoms with Crippen LogP contribution < -0.4 is 21.6 Å². The molecule has 0 aliphatic carbocycles. The van der Waals surface area contributed by atoms with Crippen molar-refractivity contribution in [3.8, 4) is 0 Å². The predicted octanol–water partition coefficient (Wildman–Crippen LogP) is 0.386. The minimum atomic E-state index is -0.428. The van der Waals surface area contributed by atoms with E-state index in [2.05, 4.69) is 20.8 Å². The van der Waals surface area contributed by atoms with E-state index in [0.717, 1.165) is 23.2 Å². The number of benzene rings is 1. The molecular weight excluding hydrogens is 322 g/mol. The molecule has 0 fully saturated rings. The van der Waals surface area contributed by atoms with E-state index in [0.29, 0.717) is 18.8 Å². The molecule has 1 aliphatic rings. The molecule has 8 nitrogen and oxygen atoms in total. The lowest BCUT2D eigenvalue weighted by molar-refractivity contribution is -0.134. The van der Waals surface area contributed by atoms with E-state index in [4.69, 9.17) is 5.73 Å². The number of rotatable bonds is 7. The number of hydrazine groups is 1. The molecular formula is C17H23N5O3. The molecule has 0 spiro atoms. The number of carbonyl (C=O) groups excluding carboxylic acids is 2. The van der Waals surface area contributed by atoms with Crippen molar-refractivity contribution in [3.63, 3.8) is 0 Å². The zero-order valence-corrected chi connectivity index (χ0v) is 14.4. The summed E-state index contributed by atoms with van der Waals surface area (Å²) >= 11 is 0. The lowest BCUT2D eigenvalue weighted by Gasteiger charge is -2.30. The van der Waals surface area contributed by atoms with Crippen molar-refractivity contribution in [2.24, 2.45) is 10.8 Å². The molecule has 1 amide bonds. The molecule has 0 unspecified atom stereocenters. The van der Waals surface area contributed by atoms with Crippen LogP contribution in [0.3, 0.4) is 0 Å². The smallest absolute Gasteiger partial charge is 0.330 e. The zero-order chi connectivity index (χ0) is 18.2. The second-order valence-corrected chi connectivity index (χ2v) is 5.42. The highest BCUT2D eigenvalue weighted by Crippen LogP contribution is 2.29. The second kappa shape index (κ2) is 8.95. The summed E-state index contributed by atoms with van der Waals surface area (Å²) < 4.78 is 4.60. The molecule has 0 saturated heterocycles. The van der Waals surface area contributed by atoms with Gasteiger partial charge >= 0.3 is 5.97 Å². The van der Waals surface area contributed by atoms with Crippen LogP contribution in [0, 0.1) is 0 Å². The lowest BCUT2D eigenvalue weighted by Crippen LogP contribution is -2.40. The number of anilines is 1. The Bertz CT molecular complexity index is 700. The average molecular weight is 345 g/mol. The summed E-state index contributed by atoms with van der Waals surface area (Å²) in [6.45, 7) is 1.08. The fraction of sp³-hybridized carbons (Fsp3) is 0.353. The second-order valence-electron chi connectivity index (χ2n) is 5.42. The van der Waals surface area contributed by atoms with Gasteiger partial charge in [0.25, 0.3) is 0 Å². The number of nitrogens with zero attached hydrogens (tertiary/aromatic N) is 2. The maximum absolute atomic E-state index is 12.5. The first-order valence-electron chi connectivity index (χ1n) is 8.00. The van der Waals surface area contributed by atoms with Crippen molar-refractivity contribution in [1.82, 2.24) is 11.0 Å². The molecule has 4 N–H and O–H groups in total. The van der Waals surface area contributed by atoms with E-state index in [-0.39, 0.29) is 12.3 Å². The number of hydrogen-bond donors (Lipinski definition) is 3. The van der Waals surface area contributed by atoms with Gasteiger partial charge in [-0.3, -0.25) is 4.79 Å². The molecule has 0 bridgehead atoms. The highest BCUT2D eigenvalue weighted by Gasteiger charge is 2.28. The van der Waals surface area contributed by atoms with E-state index in [1.54, 1.807) is 18.0 Å². The first-order chi connectivity index (χ1) is 12.1. The first-order valence-corrected chi connectivity index (χ1v) is 8.00. The van der Waals surface area contributed by atoms with Crippen LogP contribution in [0.4, 0.5) is 5.69 Å². The summed E-state index contributed by atoms with van der Waals surface area (Å²) in [6, 6.07) is 5.59. The number of hydrogen-bond acceptors (Lipinski definition) is 7. The van der Waals surface area contributed by atoms with E-state index in [1.165, 1.54) is 13.2 Å². The van der Waals surface area contributed by atoms with Crippen LogP contribution in [-0.4, -0.2) is 44.8 Å². The molecule has 0 radical (unpaired) electrons. The van der Waals surface area contributed by atoms with Gasteiger partial charge in [0, 0.05) is 25.2 Å². The highest BCUT2D eigenvalue weighted by atomic mass is 16.5. The van der Waals surface area contributed by atoms with Gasteiger partial charge in [-0.2, -0.15) is 5.10 Å². The third-order valence-electron chi connectivity index (χ3n) is 3.74. The fourth-order valence-electron chi connectivity index (χ4n) is 2.54. The van der Waals surface area contributed by atoms with Crippen molar-refractivity contribution < 1.29 is 14.3 Å². The Morgan fingerprint density at radius 1 is 1.48 bits per heavy atom. The molecule has 0 aromatic heterocycles. The van der Waals surface area contributed by atoms with Gasteiger partial charge in [-0.1, -0.05) is 6.07 Å². The van der Waals surface area contributed by atoms with E-state index < -0.39 is 5.97 Å². The van der Waals surface area contributed by atoms with Crippen LogP contribution in [0.5, 0.6) is 0 Å². The van der Waals surface area contributed by atoms with E-state index in [1.807, 2.05) is 18.2 Å². The van der Waals surface area contributed by atoms with Crippen molar-refractivity contribution in [1.29, 1.82) is 0 Å². The van der Waals surface area contributed by atoms with Gasteiger partial charge in [-0.25, -0.2) is 15.8 Å². The Hall–Kier alpha value is -2.71. The molecule has 2 rings (SSSR count). The molecule has 1 heterocycles. The number of amides is 1. The minimum Gasteiger partial charge on any atom is -0.466 e. The van der Waals surface area contributed by atoms with Crippen LogP contribution in [0.1, 0.15) is 24.0 Å². The number of fused-ring (bicyclic) bond motifs is 1. The fourth-order valence-corrected chi connectivity index (χ4v) is 2.54. The zero-order valence-electron chi connectivity index (χ0n) is 14.4. The van der Waals surface area contributed by atoms with Crippen LogP contribution in [0.2, 0.25) is 0 Å². The number of hydrazone groups is 1. The largest absolute Gasteiger partial charge is 0.466 e. The molecule has 1 aromatic rings. The van der Waals surface area contributed by atoms with Gasteiger partial charge < -0.3 is 15.4 Å². The summed E-state index contributed by atoms with van der Waals surface area (Å²) in [5.41, 5.74) is 14.0. The van der Waals surface area contributed by atoms with Crippen molar-refractivity contribution in [3.05, 3.63) is 35.4 Å². The summed E-state index contributed by atoms with van der Waals surface area (Å²) in [7, 11) is 3.02. The quantitative estimate of drug-likeness (QED) is 0.375. The average Bonchev–Trinajstić information content (AvgIpc) is 2.63. The maximum Gasteiger partial charge on any atom is 0.330 e. The van der Waals surface area contributed by atoms with Gasteiger partial charge in [0.1, 0.15) is 0 Å². The molecule has 0 saturated carbocycles. The molecule has 1 aromatic carbocycles. The van der Waals surface area contributed by atoms with Crippen LogP contribution in [0.25, 0.3) is 6.08 Å². The molecule has 0 atom stereocenters. The van der Waals surface area contributed by atoms with Crippen molar-refractivity contribution in [2.45, 2.75) is 12.8 Å². The number of methoxy groups -OCH3 is 1. The normalized spacial score (nSPS) is 15.6. The minimum absolute atomic E-state index is 0.0181. The number of nitrogens with one attached hydrogen (secondary N) is 2. The number of ether oxygens (including phenoxy) is 1. The van der Waals surface area contributed by atoms with E-state index in [9.17, 15) is 9.59 Å². The Morgan fingerprint density at radius 2 is 2.28 bits per heavy atom. The number of esters is 1. The first kappa shape index (κ1) is 18.6. The third kappa shape index (κ3) is 4.65. The number of nitrogens with two attached hydrogens (primary N) is 1. The van der Waals surface area contributed by atoms with Crippen LogP contribution >= 0.6 is 0 Å². The number of carbonyl (C=O) groups is 2. The van der Waals surface area contributed by atoms with E-state index >= 15 is 0 Å². The lowest BCUT2D eigenvalue weighted by atomic mass is 9.96. The monoisotopic (exact) mass is 345 g/mol. The van der Waals surface area contributed by atoms with Gasteiger partial charge in [0.15, 0.2) is 0 Å². The molecule has 1 aliphatic heterocycles. The topological polar surface area (TPSA) is 109 Å². The van der Waals surface area contributed by atoms with Gasteiger partial charge in [-0.05, 0) is 36.7 Å². The van der Waals surface area contributed by atoms with Crippen molar-refractivity contribution in [2.75, 3.05) is 32.1 Å². The Balaban J connectivity index is 2.41. The maximum atomic E-state index is 12.5. The Kier molecular flexibility index (Phi) is 6.67. The van der Waals surface area contributed by atoms with Crippen molar-refractivity contribution >= 4 is 29.4 Å².